The minimum Gasteiger partial charge on any atom is -0.387 e. The molecule has 1 aliphatic heterocycles. The van der Waals surface area contributed by atoms with Crippen LogP contribution in [0.5, 0.6) is 0 Å². The van der Waals surface area contributed by atoms with Gasteiger partial charge in [-0.2, -0.15) is 13.2 Å². The van der Waals surface area contributed by atoms with Crippen molar-refractivity contribution >= 4 is 0 Å². The van der Waals surface area contributed by atoms with Crippen molar-refractivity contribution in [1.29, 1.82) is 0 Å². The van der Waals surface area contributed by atoms with E-state index in [0.717, 1.165) is 0 Å². The molecule has 1 aliphatic rings. The molecule has 1 saturated heterocycles. The first kappa shape index (κ1) is 18.2. The standard InChI is InChI=1S/C16H22F4N2O/c1-15(2)10-21(11-16(18,19)20)7-8-22(15)9-14(23)12-3-5-13(17)6-4-12/h3-6,14,23H,7-11H2,1-2H3/t14-/m1/s1. The second-order valence-corrected chi connectivity index (χ2v) is 6.65. The maximum Gasteiger partial charge on any atom is 0.401 e. The largest absolute Gasteiger partial charge is 0.401 e. The fraction of sp³-hybridized carbons (Fsp3) is 0.625. The Hall–Kier alpha value is -1.18. The van der Waals surface area contributed by atoms with E-state index in [4.69, 9.17) is 0 Å². The lowest BCUT2D eigenvalue weighted by atomic mass is 9.97. The van der Waals surface area contributed by atoms with Crippen LogP contribution in [-0.2, 0) is 0 Å². The maximum atomic E-state index is 12.9. The third-order valence-electron chi connectivity index (χ3n) is 4.20. The topological polar surface area (TPSA) is 26.7 Å². The minimum atomic E-state index is -4.20. The van der Waals surface area contributed by atoms with Crippen LogP contribution in [0.4, 0.5) is 17.6 Å². The highest BCUT2D eigenvalue weighted by Crippen LogP contribution is 2.27. The molecule has 1 aromatic carbocycles. The van der Waals surface area contributed by atoms with Crippen molar-refractivity contribution < 1.29 is 22.7 Å². The summed E-state index contributed by atoms with van der Waals surface area (Å²) in [7, 11) is 0. The Bertz CT molecular complexity index is 516. The quantitative estimate of drug-likeness (QED) is 0.858. The molecule has 0 unspecified atom stereocenters. The number of β-amino-alcohol motifs (C(OH)–C–C–N with tert-alkyl or cyclic N) is 1. The van der Waals surface area contributed by atoms with Gasteiger partial charge in [0.05, 0.1) is 12.6 Å². The number of nitrogens with zero attached hydrogens (tertiary/aromatic N) is 2. The molecule has 2 rings (SSSR count). The molecule has 1 aromatic rings. The third-order valence-corrected chi connectivity index (χ3v) is 4.20. The van der Waals surface area contributed by atoms with E-state index in [1.807, 2.05) is 18.7 Å². The monoisotopic (exact) mass is 334 g/mol. The van der Waals surface area contributed by atoms with Crippen molar-refractivity contribution in [3.8, 4) is 0 Å². The zero-order valence-electron chi connectivity index (χ0n) is 13.3. The van der Waals surface area contributed by atoms with Gasteiger partial charge in [-0.25, -0.2) is 4.39 Å². The summed E-state index contributed by atoms with van der Waals surface area (Å²) < 4.78 is 50.5. The second kappa shape index (κ2) is 6.75. The van der Waals surface area contributed by atoms with Crippen LogP contribution in [0.2, 0.25) is 0 Å². The van der Waals surface area contributed by atoms with Crippen molar-refractivity contribution in [2.75, 3.05) is 32.7 Å². The van der Waals surface area contributed by atoms with Crippen molar-refractivity contribution in [3.05, 3.63) is 35.6 Å². The fourth-order valence-corrected chi connectivity index (χ4v) is 3.02. The van der Waals surface area contributed by atoms with Crippen molar-refractivity contribution in [3.63, 3.8) is 0 Å². The van der Waals surface area contributed by atoms with E-state index >= 15 is 0 Å². The van der Waals surface area contributed by atoms with E-state index < -0.39 is 24.4 Å². The molecular formula is C16H22F4N2O. The van der Waals surface area contributed by atoms with Gasteiger partial charge in [-0.1, -0.05) is 12.1 Å². The third kappa shape index (κ3) is 5.16. The number of piperazine rings is 1. The summed E-state index contributed by atoms with van der Waals surface area (Å²) in [5.41, 5.74) is 0.116. The predicted molar refractivity (Wildman–Crippen MR) is 79.5 cm³/mol. The van der Waals surface area contributed by atoms with Gasteiger partial charge in [0, 0.05) is 31.7 Å². The first-order valence-corrected chi connectivity index (χ1v) is 7.54. The van der Waals surface area contributed by atoms with Crippen LogP contribution in [0.15, 0.2) is 24.3 Å². The van der Waals surface area contributed by atoms with Crippen LogP contribution >= 0.6 is 0 Å². The van der Waals surface area contributed by atoms with Gasteiger partial charge in [-0.15, -0.1) is 0 Å². The Balaban J connectivity index is 1.97. The van der Waals surface area contributed by atoms with Crippen LogP contribution in [-0.4, -0.2) is 59.3 Å². The number of alkyl halides is 3. The summed E-state index contributed by atoms with van der Waals surface area (Å²) in [6.45, 7) is 4.16. The molecule has 0 aliphatic carbocycles. The zero-order chi connectivity index (χ0) is 17.3. The van der Waals surface area contributed by atoms with Crippen LogP contribution < -0.4 is 0 Å². The van der Waals surface area contributed by atoms with E-state index in [2.05, 4.69) is 0 Å². The molecule has 7 heteroatoms. The normalized spacial score (nSPS) is 21.3. The highest BCUT2D eigenvalue weighted by molar-refractivity contribution is 5.19. The van der Waals surface area contributed by atoms with Gasteiger partial charge in [0.15, 0.2) is 0 Å². The van der Waals surface area contributed by atoms with Crippen LogP contribution in [0, 0.1) is 5.82 Å². The first-order chi connectivity index (χ1) is 10.6. The lowest BCUT2D eigenvalue weighted by Crippen LogP contribution is -2.61. The molecule has 0 radical (unpaired) electrons. The molecule has 0 spiro atoms. The summed E-state index contributed by atoms with van der Waals surface area (Å²) in [5, 5.41) is 10.3. The van der Waals surface area contributed by atoms with Gasteiger partial charge >= 0.3 is 6.18 Å². The molecule has 23 heavy (non-hydrogen) atoms. The number of hydrogen-bond acceptors (Lipinski definition) is 3. The molecule has 3 nitrogen and oxygen atoms in total. The van der Waals surface area contributed by atoms with E-state index in [-0.39, 0.29) is 12.4 Å². The molecule has 0 amide bonds. The Morgan fingerprint density at radius 2 is 1.78 bits per heavy atom. The number of halogens is 4. The Morgan fingerprint density at radius 3 is 2.30 bits per heavy atom. The van der Waals surface area contributed by atoms with E-state index in [1.165, 1.54) is 29.2 Å². The predicted octanol–water partition coefficient (Wildman–Crippen LogP) is 2.82. The number of benzene rings is 1. The van der Waals surface area contributed by atoms with E-state index in [9.17, 15) is 22.7 Å². The minimum absolute atomic E-state index is 0.280. The fourth-order valence-electron chi connectivity index (χ4n) is 3.02. The molecular weight excluding hydrogens is 312 g/mol. The highest BCUT2D eigenvalue weighted by Gasteiger charge is 2.39. The Labute approximate surface area is 133 Å². The smallest absolute Gasteiger partial charge is 0.387 e. The zero-order valence-corrected chi connectivity index (χ0v) is 13.3. The molecule has 130 valence electrons. The molecule has 1 heterocycles. The lowest BCUT2D eigenvalue weighted by molar-refractivity contribution is -0.156. The lowest BCUT2D eigenvalue weighted by Gasteiger charge is -2.48. The van der Waals surface area contributed by atoms with Gasteiger partial charge in [-0.3, -0.25) is 9.80 Å². The number of aliphatic hydroxyl groups is 1. The summed E-state index contributed by atoms with van der Waals surface area (Å²) in [6, 6.07) is 5.61. The summed E-state index contributed by atoms with van der Waals surface area (Å²) in [4.78, 5) is 3.37. The first-order valence-electron chi connectivity index (χ1n) is 7.54. The summed E-state index contributed by atoms with van der Waals surface area (Å²) in [6.07, 6.45) is -5.00. The van der Waals surface area contributed by atoms with E-state index in [1.54, 1.807) is 0 Å². The number of rotatable bonds is 4. The van der Waals surface area contributed by atoms with Crippen LogP contribution in [0.3, 0.4) is 0 Å². The molecule has 0 saturated carbocycles. The van der Waals surface area contributed by atoms with Crippen LogP contribution in [0.25, 0.3) is 0 Å². The average Bonchev–Trinajstić information content (AvgIpc) is 2.40. The van der Waals surface area contributed by atoms with Crippen molar-refractivity contribution in [2.24, 2.45) is 0 Å². The number of hydrogen-bond donors (Lipinski definition) is 1. The average molecular weight is 334 g/mol. The summed E-state index contributed by atoms with van der Waals surface area (Å²) >= 11 is 0. The molecule has 1 atom stereocenters. The molecule has 0 aromatic heterocycles. The van der Waals surface area contributed by atoms with Gasteiger partial charge < -0.3 is 5.11 Å². The molecule has 1 fully saturated rings. The van der Waals surface area contributed by atoms with Crippen LogP contribution in [0.1, 0.15) is 25.5 Å². The SMILES string of the molecule is CC1(C)CN(CC(F)(F)F)CCN1C[C@@H](O)c1ccc(F)cc1. The highest BCUT2D eigenvalue weighted by atomic mass is 19.4. The molecule has 1 N–H and O–H groups in total. The summed E-state index contributed by atoms with van der Waals surface area (Å²) in [5.74, 6) is -0.373. The van der Waals surface area contributed by atoms with Gasteiger partial charge in [-0.05, 0) is 31.5 Å². The van der Waals surface area contributed by atoms with Crippen molar-refractivity contribution in [2.45, 2.75) is 31.7 Å². The molecule has 0 bridgehead atoms. The maximum absolute atomic E-state index is 12.9. The van der Waals surface area contributed by atoms with Gasteiger partial charge in [0.2, 0.25) is 0 Å². The second-order valence-electron chi connectivity index (χ2n) is 6.65. The number of aliphatic hydroxyl groups excluding tert-OH is 1. The Kier molecular flexibility index (Phi) is 5.33. The van der Waals surface area contributed by atoms with Gasteiger partial charge in [0.25, 0.3) is 0 Å². The van der Waals surface area contributed by atoms with Gasteiger partial charge in [0.1, 0.15) is 5.82 Å². The van der Waals surface area contributed by atoms with E-state index in [0.29, 0.717) is 25.2 Å². The van der Waals surface area contributed by atoms with Crippen molar-refractivity contribution in [1.82, 2.24) is 9.80 Å². The Morgan fingerprint density at radius 1 is 1.17 bits per heavy atom.